The van der Waals surface area contributed by atoms with Crippen LogP contribution in [0.3, 0.4) is 0 Å². The van der Waals surface area contributed by atoms with Crippen LogP contribution >= 0.6 is 0 Å². The fourth-order valence-corrected chi connectivity index (χ4v) is 2.02. The lowest BCUT2D eigenvalue weighted by atomic mass is 10.3. The van der Waals surface area contributed by atoms with Crippen LogP contribution in [0.15, 0.2) is 12.4 Å². The summed E-state index contributed by atoms with van der Waals surface area (Å²) in [7, 11) is 2.08. The third-order valence-electron chi connectivity index (χ3n) is 3.21. The molecule has 0 N–H and O–H groups in total. The van der Waals surface area contributed by atoms with Crippen molar-refractivity contribution in [1.82, 2.24) is 9.97 Å². The zero-order chi connectivity index (χ0) is 12.8. The molecule has 2 heterocycles. The van der Waals surface area contributed by atoms with Gasteiger partial charge in [0, 0.05) is 32.7 Å². The molecule has 0 radical (unpaired) electrons. The predicted octanol–water partition coefficient (Wildman–Crippen LogP) is 1.55. The summed E-state index contributed by atoms with van der Waals surface area (Å²) in [6, 6.07) is 2.07. The second kappa shape index (κ2) is 6.54. The first kappa shape index (κ1) is 13.1. The number of rotatable bonds is 5. The van der Waals surface area contributed by atoms with Crippen LogP contribution in [-0.2, 0) is 4.74 Å². The number of anilines is 2. The van der Waals surface area contributed by atoms with Crippen molar-refractivity contribution in [3.63, 3.8) is 0 Å². The van der Waals surface area contributed by atoms with Crippen molar-refractivity contribution >= 4 is 11.6 Å². The van der Waals surface area contributed by atoms with Crippen LogP contribution in [-0.4, -0.2) is 49.9 Å². The molecular formula is C13H22N4O. The molecule has 2 rings (SSSR count). The Balaban J connectivity index is 2.04. The molecule has 0 atom stereocenters. The highest BCUT2D eigenvalue weighted by Crippen LogP contribution is 2.17. The van der Waals surface area contributed by atoms with Gasteiger partial charge in [-0.15, -0.1) is 0 Å². The molecule has 0 saturated carbocycles. The second-order valence-electron chi connectivity index (χ2n) is 4.61. The van der Waals surface area contributed by atoms with Gasteiger partial charge in [0.05, 0.1) is 13.2 Å². The fraction of sp³-hybridized carbons (Fsp3) is 0.692. The van der Waals surface area contributed by atoms with Gasteiger partial charge in [0.1, 0.15) is 18.0 Å². The quantitative estimate of drug-likeness (QED) is 0.793. The zero-order valence-corrected chi connectivity index (χ0v) is 11.3. The Morgan fingerprint density at radius 3 is 2.83 bits per heavy atom. The van der Waals surface area contributed by atoms with Gasteiger partial charge in [-0.05, 0) is 6.42 Å². The van der Waals surface area contributed by atoms with E-state index in [9.17, 15) is 0 Å². The van der Waals surface area contributed by atoms with Gasteiger partial charge in [-0.25, -0.2) is 9.97 Å². The predicted molar refractivity (Wildman–Crippen MR) is 73.2 cm³/mol. The molecule has 1 aliphatic rings. The summed E-state index contributed by atoms with van der Waals surface area (Å²) in [6.07, 6.45) is 4.04. The number of ether oxygens (including phenoxy) is 1. The lowest BCUT2D eigenvalue weighted by Gasteiger charge is -2.28. The van der Waals surface area contributed by atoms with Gasteiger partial charge in [-0.2, -0.15) is 0 Å². The maximum atomic E-state index is 5.36. The van der Waals surface area contributed by atoms with Crippen LogP contribution in [0.25, 0.3) is 0 Å². The minimum Gasteiger partial charge on any atom is -0.378 e. The van der Waals surface area contributed by atoms with E-state index in [1.54, 1.807) is 6.33 Å². The largest absolute Gasteiger partial charge is 0.378 e. The first-order chi connectivity index (χ1) is 8.81. The smallest absolute Gasteiger partial charge is 0.134 e. The van der Waals surface area contributed by atoms with E-state index in [4.69, 9.17) is 4.74 Å². The summed E-state index contributed by atoms with van der Waals surface area (Å²) in [5, 5.41) is 0. The van der Waals surface area contributed by atoms with E-state index in [1.807, 2.05) is 0 Å². The number of morpholine rings is 1. The number of hydrogen-bond donors (Lipinski definition) is 0. The van der Waals surface area contributed by atoms with Crippen molar-refractivity contribution in [2.24, 2.45) is 0 Å². The van der Waals surface area contributed by atoms with Crippen LogP contribution < -0.4 is 9.80 Å². The molecule has 1 aromatic rings. The second-order valence-corrected chi connectivity index (χ2v) is 4.61. The molecule has 1 aromatic heterocycles. The van der Waals surface area contributed by atoms with Crippen LogP contribution in [0.5, 0.6) is 0 Å². The monoisotopic (exact) mass is 250 g/mol. The maximum absolute atomic E-state index is 5.36. The number of nitrogens with zero attached hydrogens (tertiary/aromatic N) is 4. The van der Waals surface area contributed by atoms with Crippen molar-refractivity contribution in [1.29, 1.82) is 0 Å². The van der Waals surface area contributed by atoms with E-state index >= 15 is 0 Å². The zero-order valence-electron chi connectivity index (χ0n) is 11.3. The number of unbranched alkanes of at least 4 members (excludes halogenated alkanes) is 1. The van der Waals surface area contributed by atoms with Crippen LogP contribution in [0.1, 0.15) is 19.8 Å². The average molecular weight is 250 g/mol. The summed E-state index contributed by atoms with van der Waals surface area (Å²) in [4.78, 5) is 13.1. The summed E-state index contributed by atoms with van der Waals surface area (Å²) in [6.45, 7) is 6.63. The molecule has 0 aliphatic carbocycles. The number of hydrogen-bond acceptors (Lipinski definition) is 5. The molecule has 0 spiro atoms. The number of aromatic nitrogens is 2. The summed E-state index contributed by atoms with van der Waals surface area (Å²) < 4.78 is 5.36. The molecule has 0 amide bonds. The van der Waals surface area contributed by atoms with Crippen molar-refractivity contribution in [3.05, 3.63) is 12.4 Å². The molecule has 0 unspecified atom stereocenters. The summed E-state index contributed by atoms with van der Waals surface area (Å²) in [5.41, 5.74) is 0. The van der Waals surface area contributed by atoms with E-state index < -0.39 is 0 Å². The van der Waals surface area contributed by atoms with Crippen LogP contribution in [0.4, 0.5) is 11.6 Å². The highest BCUT2D eigenvalue weighted by Gasteiger charge is 2.13. The van der Waals surface area contributed by atoms with Crippen molar-refractivity contribution in [2.75, 3.05) is 49.7 Å². The topological polar surface area (TPSA) is 41.5 Å². The van der Waals surface area contributed by atoms with Gasteiger partial charge < -0.3 is 14.5 Å². The lowest BCUT2D eigenvalue weighted by Crippen LogP contribution is -2.37. The normalized spacial score (nSPS) is 15.8. The Hall–Kier alpha value is -1.36. The molecule has 18 heavy (non-hydrogen) atoms. The third kappa shape index (κ3) is 3.32. The highest BCUT2D eigenvalue weighted by atomic mass is 16.5. The molecule has 1 fully saturated rings. The molecule has 1 aliphatic heterocycles. The minimum absolute atomic E-state index is 0.783. The Morgan fingerprint density at radius 2 is 2.11 bits per heavy atom. The Morgan fingerprint density at radius 1 is 1.33 bits per heavy atom. The summed E-state index contributed by atoms with van der Waals surface area (Å²) in [5.74, 6) is 2.01. The van der Waals surface area contributed by atoms with E-state index in [0.29, 0.717) is 0 Å². The van der Waals surface area contributed by atoms with E-state index in [-0.39, 0.29) is 0 Å². The van der Waals surface area contributed by atoms with Gasteiger partial charge in [0.2, 0.25) is 0 Å². The van der Waals surface area contributed by atoms with Crippen LogP contribution in [0, 0.1) is 0 Å². The van der Waals surface area contributed by atoms with Gasteiger partial charge in [-0.3, -0.25) is 0 Å². The van der Waals surface area contributed by atoms with Crippen LogP contribution in [0.2, 0.25) is 0 Å². The maximum Gasteiger partial charge on any atom is 0.134 e. The minimum atomic E-state index is 0.783. The van der Waals surface area contributed by atoms with Gasteiger partial charge in [0.25, 0.3) is 0 Å². The summed E-state index contributed by atoms with van der Waals surface area (Å²) >= 11 is 0. The molecule has 5 nitrogen and oxygen atoms in total. The van der Waals surface area contributed by atoms with Crippen molar-refractivity contribution in [2.45, 2.75) is 19.8 Å². The van der Waals surface area contributed by atoms with E-state index in [1.165, 1.54) is 12.8 Å². The average Bonchev–Trinajstić information content (AvgIpc) is 2.46. The molecule has 100 valence electrons. The SMILES string of the molecule is CCCCN(C)c1cc(N2CCOCC2)ncn1. The van der Waals surface area contributed by atoms with Gasteiger partial charge in [-0.1, -0.05) is 13.3 Å². The molecule has 0 bridgehead atoms. The van der Waals surface area contributed by atoms with E-state index in [0.717, 1.165) is 44.5 Å². The third-order valence-corrected chi connectivity index (χ3v) is 3.21. The molecular weight excluding hydrogens is 228 g/mol. The lowest BCUT2D eigenvalue weighted by molar-refractivity contribution is 0.122. The first-order valence-corrected chi connectivity index (χ1v) is 6.67. The Bertz CT molecular complexity index is 366. The first-order valence-electron chi connectivity index (χ1n) is 6.67. The molecule has 1 saturated heterocycles. The Kier molecular flexibility index (Phi) is 4.75. The standard InChI is InChI=1S/C13H22N4O/c1-3-4-5-16(2)12-10-13(15-11-14-12)17-6-8-18-9-7-17/h10-11H,3-9H2,1-2H3. The van der Waals surface area contributed by atoms with E-state index in [2.05, 4.69) is 39.8 Å². The van der Waals surface area contributed by atoms with Gasteiger partial charge >= 0.3 is 0 Å². The molecule has 0 aromatic carbocycles. The highest BCUT2D eigenvalue weighted by molar-refractivity contribution is 5.49. The fourth-order valence-electron chi connectivity index (χ4n) is 2.02. The molecule has 5 heteroatoms. The van der Waals surface area contributed by atoms with Crippen molar-refractivity contribution < 1.29 is 4.74 Å². The Labute approximate surface area is 109 Å². The van der Waals surface area contributed by atoms with Crippen molar-refractivity contribution in [3.8, 4) is 0 Å². The van der Waals surface area contributed by atoms with Gasteiger partial charge in [0.15, 0.2) is 0 Å².